The second-order valence-electron chi connectivity index (χ2n) is 20.2. The van der Waals surface area contributed by atoms with Crippen LogP contribution in [0.5, 0.6) is 5.75 Å². The van der Waals surface area contributed by atoms with Gasteiger partial charge in [-0.05, 0) is 89.1 Å². The molecule has 0 radical (unpaired) electrons. The lowest BCUT2D eigenvalue weighted by Crippen LogP contribution is -2.35. The van der Waals surface area contributed by atoms with E-state index in [0.717, 1.165) is 55.7 Å². The average molecular weight is 1210 g/mol. The second kappa shape index (κ2) is 30.2. The largest absolute Gasteiger partial charge is 0.496 e. The van der Waals surface area contributed by atoms with Crippen LogP contribution in [-0.2, 0) is 49.3 Å². The third-order valence-electron chi connectivity index (χ3n) is 14.4. The summed E-state index contributed by atoms with van der Waals surface area (Å²) in [5.74, 6) is 2.19. The Labute approximate surface area is 501 Å². The minimum Gasteiger partial charge on any atom is -0.496 e. The zero-order chi connectivity index (χ0) is 59.8. The molecular formula is C61H73ClN10O12S. The lowest BCUT2D eigenvalue weighted by Gasteiger charge is -2.15. The number of methoxy groups -OCH3 is 1. The van der Waals surface area contributed by atoms with E-state index in [2.05, 4.69) is 39.7 Å². The number of pyridine rings is 2. The zero-order valence-corrected chi connectivity index (χ0v) is 50.6. The molecule has 6 aromatic heterocycles. The van der Waals surface area contributed by atoms with Gasteiger partial charge in [0.25, 0.3) is 0 Å². The number of aryl methyl sites for hydroxylation is 4. The predicted octanol–water partition coefficient (Wildman–Crippen LogP) is 7.79. The van der Waals surface area contributed by atoms with Gasteiger partial charge in [0.05, 0.1) is 152 Å². The molecule has 24 heteroatoms. The van der Waals surface area contributed by atoms with Crippen molar-refractivity contribution in [1.82, 2.24) is 44.5 Å². The number of halogens is 1. The highest BCUT2D eigenvalue weighted by Gasteiger charge is 2.33. The molecule has 7 heterocycles. The molecule has 22 nitrogen and oxygen atoms in total. The first-order chi connectivity index (χ1) is 41.3. The van der Waals surface area contributed by atoms with Crippen molar-refractivity contribution in [2.45, 2.75) is 66.6 Å². The molecule has 9 rings (SSSR count). The number of imidazole rings is 1. The Morgan fingerprint density at radius 2 is 1.36 bits per heavy atom. The molecule has 8 aromatic rings. The van der Waals surface area contributed by atoms with Gasteiger partial charge in [-0.25, -0.2) is 4.79 Å². The van der Waals surface area contributed by atoms with Crippen LogP contribution in [0.2, 0.25) is 5.02 Å². The van der Waals surface area contributed by atoms with Gasteiger partial charge in [0.1, 0.15) is 34.9 Å². The third-order valence-corrected chi connectivity index (χ3v) is 15.9. The van der Waals surface area contributed by atoms with E-state index in [9.17, 15) is 14.4 Å². The highest BCUT2D eigenvalue weighted by atomic mass is 35.5. The van der Waals surface area contributed by atoms with E-state index in [1.807, 2.05) is 86.9 Å². The molecule has 85 heavy (non-hydrogen) atoms. The molecule has 452 valence electrons. The van der Waals surface area contributed by atoms with E-state index in [4.69, 9.17) is 63.9 Å². The molecule has 2 N–H and O–H groups in total. The summed E-state index contributed by atoms with van der Waals surface area (Å²) in [6.07, 6.45) is 5.13. The number of nitrogens with one attached hydrogen (secondary N) is 2. The van der Waals surface area contributed by atoms with Crippen LogP contribution in [0, 0.1) is 34.6 Å². The first-order valence-electron chi connectivity index (χ1n) is 28.4. The topological polar surface area (TPSA) is 241 Å². The van der Waals surface area contributed by atoms with Crippen molar-refractivity contribution in [1.29, 1.82) is 0 Å². The number of rotatable bonds is 33. The van der Waals surface area contributed by atoms with Gasteiger partial charge < -0.3 is 52.9 Å². The Morgan fingerprint density at radius 1 is 0.753 bits per heavy atom. The van der Waals surface area contributed by atoms with Crippen molar-refractivity contribution >= 4 is 62.4 Å². The maximum atomic E-state index is 14.3. The van der Waals surface area contributed by atoms with Crippen LogP contribution in [-0.4, -0.2) is 164 Å². The van der Waals surface area contributed by atoms with Gasteiger partial charge in [-0.3, -0.25) is 38.3 Å². The van der Waals surface area contributed by atoms with E-state index in [-0.39, 0.29) is 43.6 Å². The number of nitrogens with zero attached hydrogens (tertiary/aromatic N) is 8. The van der Waals surface area contributed by atoms with E-state index < -0.39 is 12.1 Å². The van der Waals surface area contributed by atoms with E-state index in [1.165, 1.54) is 9.44 Å². The number of carbonyl (C=O) groups excluding carboxylic acids is 2. The van der Waals surface area contributed by atoms with E-state index in [1.54, 1.807) is 41.7 Å². The fourth-order valence-corrected chi connectivity index (χ4v) is 11.4. The summed E-state index contributed by atoms with van der Waals surface area (Å²) in [6, 6.07) is 16.0. The Bertz CT molecular complexity index is 3610. The number of aromatic nitrogens is 7. The van der Waals surface area contributed by atoms with Crippen molar-refractivity contribution in [3.05, 3.63) is 139 Å². The quantitative estimate of drug-likeness (QED) is 0.0373. The third kappa shape index (κ3) is 15.3. The van der Waals surface area contributed by atoms with Crippen molar-refractivity contribution in [2.24, 2.45) is 4.99 Å². The normalized spacial score (nSPS) is 13.5. The molecule has 2 unspecified atom stereocenters. The Balaban J connectivity index is 0.584. The molecule has 0 bridgehead atoms. The monoisotopic (exact) mass is 1200 g/mol. The highest BCUT2D eigenvalue weighted by Crippen LogP contribution is 2.42. The number of fused-ring (bicyclic) bond motifs is 6. The summed E-state index contributed by atoms with van der Waals surface area (Å²) in [6.45, 7) is 17.6. The molecule has 0 saturated heterocycles. The molecule has 0 aliphatic carbocycles. The molecular weight excluding hydrogens is 1130 g/mol. The molecule has 0 fully saturated rings. The number of furan rings is 1. The van der Waals surface area contributed by atoms with Gasteiger partial charge in [0, 0.05) is 56.8 Å². The SMILES string of the molecule is COc1cc2c(cc1-c1c(C)coc1C)ncc1c2n(C(C)c2ccccn2)c(=O)n1CC(=O)NCCOCCOCCOCCOCCOCCOCCOCCNC(=O)CC1N=C(c2ccc(Cl)cc2)c2c(sc(C)c2C)-n2c(C)nnc21. The predicted molar refractivity (Wildman–Crippen MR) is 323 cm³/mol. The first kappa shape index (κ1) is 62.3. The van der Waals surface area contributed by atoms with E-state index in [0.29, 0.717) is 137 Å². The van der Waals surface area contributed by atoms with Crippen LogP contribution in [0.25, 0.3) is 38.1 Å². The number of carbonyl (C=O) groups is 2. The Hall–Kier alpha value is -7.19. The van der Waals surface area contributed by atoms with Crippen LogP contribution in [0.1, 0.15) is 75.7 Å². The van der Waals surface area contributed by atoms with Crippen molar-refractivity contribution < 1.29 is 51.9 Å². The summed E-state index contributed by atoms with van der Waals surface area (Å²) < 4.78 is 56.1. The maximum Gasteiger partial charge on any atom is 0.330 e. The number of amides is 2. The molecule has 1 aliphatic rings. The second-order valence-corrected chi connectivity index (χ2v) is 21.8. The molecule has 2 amide bonds. The Kier molecular flexibility index (Phi) is 22.2. The van der Waals surface area contributed by atoms with Gasteiger partial charge >= 0.3 is 5.69 Å². The van der Waals surface area contributed by atoms with Gasteiger partial charge in [0.2, 0.25) is 11.8 Å². The van der Waals surface area contributed by atoms with Crippen LogP contribution in [0.3, 0.4) is 0 Å². The number of aliphatic imine (C=N–C) groups is 1. The molecule has 0 saturated carbocycles. The first-order valence-corrected chi connectivity index (χ1v) is 29.5. The smallest absolute Gasteiger partial charge is 0.330 e. The number of benzene rings is 2. The minimum absolute atomic E-state index is 0.0950. The summed E-state index contributed by atoms with van der Waals surface area (Å²) >= 11 is 7.90. The number of ether oxygens (including phenoxy) is 8. The highest BCUT2D eigenvalue weighted by molar-refractivity contribution is 7.15. The van der Waals surface area contributed by atoms with Crippen LogP contribution in [0.15, 0.2) is 87.5 Å². The standard InChI is InChI=1S/C61H73ClN10O12S/c1-38-37-84-41(4)55(38)47-32-49-46(33-52(47)76-7)58-51(35-66-49)70(61(75)71(58)40(3)48-10-8-9-15-63-48)36-54(74)65-17-19-78-21-23-80-25-27-82-29-31-83-30-28-81-26-24-79-22-20-77-18-16-64-53(73)34-50-59-69-68-43(6)72(59)60-56(39(2)42(5)85-60)57(67-50)44-11-13-45(62)14-12-44/h8-15,32-33,35,37,40,50H,16-31,34,36H2,1-7H3,(H,64,73)(H,65,74). The van der Waals surface area contributed by atoms with Crippen LogP contribution >= 0.6 is 22.9 Å². The van der Waals surface area contributed by atoms with Gasteiger partial charge in [-0.1, -0.05) is 29.8 Å². The number of thiophene rings is 1. The van der Waals surface area contributed by atoms with Gasteiger partial charge in [-0.2, -0.15) is 0 Å². The van der Waals surface area contributed by atoms with Crippen molar-refractivity contribution in [3.8, 4) is 21.9 Å². The van der Waals surface area contributed by atoms with Crippen LogP contribution < -0.4 is 21.1 Å². The average Bonchev–Trinajstić information content (AvgIpc) is 2.01. The molecule has 2 aromatic carbocycles. The Morgan fingerprint density at radius 3 is 1.94 bits per heavy atom. The van der Waals surface area contributed by atoms with Crippen LogP contribution in [0.4, 0.5) is 0 Å². The maximum absolute atomic E-state index is 14.3. The molecule has 2 atom stereocenters. The van der Waals surface area contributed by atoms with Crippen molar-refractivity contribution in [2.75, 3.05) is 113 Å². The lowest BCUT2D eigenvalue weighted by molar-refractivity contribution is -0.122. The molecule has 1 aliphatic heterocycles. The summed E-state index contributed by atoms with van der Waals surface area (Å²) in [7, 11) is 1.61. The molecule has 0 spiro atoms. The number of hydrogen-bond acceptors (Lipinski definition) is 18. The van der Waals surface area contributed by atoms with Gasteiger partial charge in [-0.15, -0.1) is 21.5 Å². The zero-order valence-electron chi connectivity index (χ0n) is 49.1. The van der Waals surface area contributed by atoms with E-state index >= 15 is 0 Å². The fourth-order valence-electron chi connectivity index (χ4n) is 10.1. The lowest BCUT2D eigenvalue weighted by atomic mass is 9.99. The fraction of sp³-hybridized carbons (Fsp3) is 0.443. The summed E-state index contributed by atoms with van der Waals surface area (Å²) in [5.41, 5.74) is 8.65. The van der Waals surface area contributed by atoms with Crippen molar-refractivity contribution in [3.63, 3.8) is 0 Å². The van der Waals surface area contributed by atoms with Gasteiger partial charge in [0.15, 0.2) is 5.82 Å². The summed E-state index contributed by atoms with van der Waals surface area (Å²) in [4.78, 5) is 56.6. The summed E-state index contributed by atoms with van der Waals surface area (Å²) in [5, 5.41) is 17.0. The minimum atomic E-state index is -0.552. The number of hydrogen-bond donors (Lipinski definition) is 2.